The van der Waals surface area contributed by atoms with Gasteiger partial charge in [0.15, 0.2) is 23.1 Å². The molecule has 0 radical (unpaired) electrons. The predicted octanol–water partition coefficient (Wildman–Crippen LogP) is 2.32. The average Bonchev–Trinajstić information content (AvgIpc) is 2.81. The zero-order valence-electron chi connectivity index (χ0n) is 13.1. The van der Waals surface area contributed by atoms with Crippen molar-refractivity contribution in [2.24, 2.45) is 0 Å². The van der Waals surface area contributed by atoms with Gasteiger partial charge in [-0.15, -0.1) is 0 Å². The Bertz CT molecular complexity index is 696. The highest BCUT2D eigenvalue weighted by Gasteiger charge is 2.21. The number of aromatic nitrogens is 2. The van der Waals surface area contributed by atoms with Crippen molar-refractivity contribution in [1.29, 1.82) is 0 Å². The van der Waals surface area contributed by atoms with Crippen LogP contribution in [0.3, 0.4) is 0 Å². The summed E-state index contributed by atoms with van der Waals surface area (Å²) in [6.07, 6.45) is 0. The van der Waals surface area contributed by atoms with Crippen molar-refractivity contribution >= 4 is 5.78 Å². The van der Waals surface area contributed by atoms with Crippen LogP contribution in [-0.4, -0.2) is 42.0 Å². The van der Waals surface area contributed by atoms with Gasteiger partial charge in [0.25, 0.3) is 0 Å². The fraction of sp³-hybridized carbons (Fsp3) is 0.333. The van der Waals surface area contributed by atoms with Crippen LogP contribution in [0.5, 0.6) is 17.2 Å². The number of ketones is 1. The van der Waals surface area contributed by atoms with Gasteiger partial charge in [-0.1, -0.05) is 0 Å². The molecule has 0 aliphatic carbocycles. The Morgan fingerprint density at radius 2 is 1.68 bits per heavy atom. The molecule has 0 saturated carbocycles. The Balaban J connectivity index is 2.68. The molecule has 2 aromatic rings. The number of Topliss-reactive ketones (excluding diaryl/α,β-unsaturated/α-hetero) is 1. The monoisotopic (exact) mass is 306 g/mol. The van der Waals surface area contributed by atoms with E-state index in [4.69, 9.17) is 14.2 Å². The van der Waals surface area contributed by atoms with Gasteiger partial charge >= 0.3 is 0 Å². The summed E-state index contributed by atoms with van der Waals surface area (Å²) in [5.74, 6) is 1.30. The largest absolute Gasteiger partial charge is 0.493 e. The van der Waals surface area contributed by atoms with E-state index in [0.29, 0.717) is 28.5 Å². The SMILES string of the molecule is COc1cc(-c2nc(C(C)=O)c(C)n2O)cc(OC)c1OC. The van der Waals surface area contributed by atoms with E-state index < -0.39 is 0 Å². The first kappa shape index (κ1) is 15.7. The zero-order valence-corrected chi connectivity index (χ0v) is 13.1. The average molecular weight is 306 g/mol. The van der Waals surface area contributed by atoms with E-state index in [-0.39, 0.29) is 17.3 Å². The topological polar surface area (TPSA) is 82.8 Å². The van der Waals surface area contributed by atoms with Gasteiger partial charge in [0.05, 0.1) is 27.0 Å². The number of hydrogen-bond donors (Lipinski definition) is 1. The van der Waals surface area contributed by atoms with Crippen LogP contribution in [0.4, 0.5) is 0 Å². The smallest absolute Gasteiger partial charge is 0.203 e. The molecule has 1 aromatic heterocycles. The molecule has 1 N–H and O–H groups in total. The number of carbonyl (C=O) groups excluding carboxylic acids is 1. The molecule has 7 nitrogen and oxygen atoms in total. The van der Waals surface area contributed by atoms with Crippen LogP contribution >= 0.6 is 0 Å². The van der Waals surface area contributed by atoms with Crippen molar-refractivity contribution < 1.29 is 24.2 Å². The van der Waals surface area contributed by atoms with E-state index in [1.807, 2.05) is 0 Å². The van der Waals surface area contributed by atoms with Crippen LogP contribution in [0, 0.1) is 6.92 Å². The standard InChI is InChI=1S/C15H18N2O5/c1-8-13(9(2)18)16-15(17(8)19)10-6-11(20-3)14(22-5)12(7-10)21-4/h6-7,19H,1-5H3. The minimum atomic E-state index is -0.223. The molecular formula is C15H18N2O5. The minimum Gasteiger partial charge on any atom is -0.493 e. The van der Waals surface area contributed by atoms with Gasteiger partial charge in [0.2, 0.25) is 5.75 Å². The molecule has 7 heteroatoms. The van der Waals surface area contributed by atoms with Crippen molar-refractivity contribution in [3.63, 3.8) is 0 Å². The number of methoxy groups -OCH3 is 3. The van der Waals surface area contributed by atoms with Crippen LogP contribution < -0.4 is 14.2 Å². The van der Waals surface area contributed by atoms with E-state index >= 15 is 0 Å². The quantitative estimate of drug-likeness (QED) is 0.674. The summed E-state index contributed by atoms with van der Waals surface area (Å²) < 4.78 is 16.7. The second-order valence-corrected chi connectivity index (χ2v) is 4.65. The van der Waals surface area contributed by atoms with E-state index in [2.05, 4.69) is 4.98 Å². The van der Waals surface area contributed by atoms with E-state index in [1.54, 1.807) is 19.1 Å². The summed E-state index contributed by atoms with van der Waals surface area (Å²) in [6.45, 7) is 3.01. The zero-order chi connectivity index (χ0) is 16.4. The van der Waals surface area contributed by atoms with Crippen molar-refractivity contribution in [2.75, 3.05) is 21.3 Å². The van der Waals surface area contributed by atoms with Gasteiger partial charge in [0, 0.05) is 12.5 Å². The Labute approximate surface area is 128 Å². The molecule has 1 heterocycles. The molecule has 1 aromatic carbocycles. The number of benzene rings is 1. The normalized spacial score (nSPS) is 10.4. The molecule has 118 valence electrons. The van der Waals surface area contributed by atoms with E-state index in [9.17, 15) is 10.0 Å². The van der Waals surface area contributed by atoms with E-state index in [1.165, 1.54) is 28.3 Å². The van der Waals surface area contributed by atoms with E-state index in [0.717, 1.165) is 4.73 Å². The number of ether oxygens (including phenoxy) is 3. The minimum absolute atomic E-state index is 0.214. The maximum Gasteiger partial charge on any atom is 0.203 e. The molecule has 0 aliphatic rings. The molecule has 0 saturated heterocycles. The number of nitrogens with zero attached hydrogens (tertiary/aromatic N) is 2. The van der Waals surface area contributed by atoms with Crippen molar-refractivity contribution in [3.05, 3.63) is 23.5 Å². The molecule has 0 atom stereocenters. The first-order valence-electron chi connectivity index (χ1n) is 6.54. The Kier molecular flexibility index (Phi) is 4.25. The molecular weight excluding hydrogens is 288 g/mol. The van der Waals surface area contributed by atoms with Crippen LogP contribution in [0.25, 0.3) is 11.4 Å². The lowest BCUT2D eigenvalue weighted by molar-refractivity contribution is 0.101. The Hall–Kier alpha value is -2.70. The number of hydrogen-bond acceptors (Lipinski definition) is 6. The Morgan fingerprint density at radius 1 is 1.14 bits per heavy atom. The van der Waals surface area contributed by atoms with Crippen LogP contribution in [-0.2, 0) is 0 Å². The number of carbonyl (C=O) groups is 1. The summed E-state index contributed by atoms with van der Waals surface area (Å²) in [6, 6.07) is 3.31. The lowest BCUT2D eigenvalue weighted by atomic mass is 10.1. The summed E-state index contributed by atoms with van der Waals surface area (Å²) in [5.41, 5.74) is 1.12. The van der Waals surface area contributed by atoms with Crippen LogP contribution in [0.1, 0.15) is 23.1 Å². The molecule has 0 amide bonds. The first-order chi connectivity index (χ1) is 10.4. The van der Waals surface area contributed by atoms with Crippen molar-refractivity contribution in [3.8, 4) is 28.6 Å². The van der Waals surface area contributed by atoms with Crippen molar-refractivity contribution in [1.82, 2.24) is 9.71 Å². The van der Waals surface area contributed by atoms with Crippen LogP contribution in [0.15, 0.2) is 12.1 Å². The lowest BCUT2D eigenvalue weighted by Gasteiger charge is -2.13. The molecule has 0 fully saturated rings. The van der Waals surface area contributed by atoms with Gasteiger partial charge in [-0.25, -0.2) is 4.98 Å². The lowest BCUT2D eigenvalue weighted by Crippen LogP contribution is -2.00. The second kappa shape index (κ2) is 5.97. The first-order valence-corrected chi connectivity index (χ1v) is 6.54. The van der Waals surface area contributed by atoms with Gasteiger partial charge in [0.1, 0.15) is 5.69 Å². The third-order valence-electron chi connectivity index (χ3n) is 3.34. The third kappa shape index (κ3) is 2.45. The van der Waals surface area contributed by atoms with Gasteiger partial charge in [-0.2, -0.15) is 4.73 Å². The highest BCUT2D eigenvalue weighted by Crippen LogP contribution is 2.41. The molecule has 0 spiro atoms. The summed E-state index contributed by atoms with van der Waals surface area (Å²) in [5, 5.41) is 10.2. The van der Waals surface area contributed by atoms with Gasteiger partial charge < -0.3 is 19.4 Å². The summed E-state index contributed by atoms with van der Waals surface area (Å²) >= 11 is 0. The second-order valence-electron chi connectivity index (χ2n) is 4.65. The predicted molar refractivity (Wildman–Crippen MR) is 79.2 cm³/mol. The third-order valence-corrected chi connectivity index (χ3v) is 3.34. The molecule has 0 bridgehead atoms. The van der Waals surface area contributed by atoms with Gasteiger partial charge in [-0.3, -0.25) is 4.79 Å². The Morgan fingerprint density at radius 3 is 2.05 bits per heavy atom. The van der Waals surface area contributed by atoms with Gasteiger partial charge in [-0.05, 0) is 19.1 Å². The molecule has 0 aliphatic heterocycles. The summed E-state index contributed by atoms with van der Waals surface area (Å²) in [7, 11) is 4.50. The fourth-order valence-corrected chi connectivity index (χ4v) is 2.22. The molecule has 2 rings (SSSR count). The maximum atomic E-state index is 11.6. The maximum absolute atomic E-state index is 11.6. The van der Waals surface area contributed by atoms with Crippen molar-refractivity contribution in [2.45, 2.75) is 13.8 Å². The molecule has 22 heavy (non-hydrogen) atoms. The van der Waals surface area contributed by atoms with Crippen LogP contribution in [0.2, 0.25) is 0 Å². The fourth-order valence-electron chi connectivity index (χ4n) is 2.22. The highest BCUT2D eigenvalue weighted by molar-refractivity contribution is 5.94. The number of imidazole rings is 1. The summed E-state index contributed by atoms with van der Waals surface area (Å²) in [4.78, 5) is 15.8. The molecule has 0 unspecified atom stereocenters. The highest BCUT2D eigenvalue weighted by atomic mass is 16.5. The number of rotatable bonds is 5.